The number of carbonyl (C=O) groups is 4. The van der Waals surface area contributed by atoms with Crippen molar-refractivity contribution in [2.75, 3.05) is 19.8 Å². The van der Waals surface area contributed by atoms with Crippen molar-refractivity contribution in [3.63, 3.8) is 0 Å². The lowest BCUT2D eigenvalue weighted by Crippen LogP contribution is -2.47. The molecule has 0 heterocycles. The van der Waals surface area contributed by atoms with Crippen molar-refractivity contribution >= 4 is 23.8 Å². The Morgan fingerprint density at radius 2 is 1.40 bits per heavy atom. The van der Waals surface area contributed by atoms with E-state index in [1.165, 1.54) is 19.3 Å². The number of hydrogen-bond acceptors (Lipinski definition) is 5. The SMILES string of the molecule is CC(C)CCCCCCCOCCCN(C(=O)CCC(=O)O)[C@@H](CC(=O)O)C(=O)O. The van der Waals surface area contributed by atoms with E-state index >= 15 is 0 Å². The molecule has 0 saturated carbocycles. The number of amides is 1. The topological polar surface area (TPSA) is 141 Å². The average Bonchev–Trinajstić information content (AvgIpc) is 2.65. The number of unbranched alkanes of at least 4 members (excludes halogenated alkanes) is 4. The zero-order chi connectivity index (χ0) is 22.9. The summed E-state index contributed by atoms with van der Waals surface area (Å²) < 4.78 is 5.53. The smallest absolute Gasteiger partial charge is 0.327 e. The Bertz CT molecular complexity index is 535. The van der Waals surface area contributed by atoms with Crippen molar-refractivity contribution in [3.05, 3.63) is 0 Å². The first-order valence-electron chi connectivity index (χ1n) is 10.7. The fourth-order valence-electron chi connectivity index (χ4n) is 3.03. The molecule has 0 spiro atoms. The Morgan fingerprint density at radius 1 is 0.800 bits per heavy atom. The van der Waals surface area contributed by atoms with Crippen molar-refractivity contribution in [1.29, 1.82) is 0 Å². The Kier molecular flexibility index (Phi) is 15.4. The maximum Gasteiger partial charge on any atom is 0.327 e. The first-order chi connectivity index (χ1) is 14.1. The average molecular weight is 432 g/mol. The van der Waals surface area contributed by atoms with Crippen molar-refractivity contribution in [2.45, 2.75) is 84.1 Å². The summed E-state index contributed by atoms with van der Waals surface area (Å²) in [4.78, 5) is 46.3. The molecule has 174 valence electrons. The maximum absolute atomic E-state index is 12.3. The maximum atomic E-state index is 12.3. The molecular weight excluding hydrogens is 394 g/mol. The van der Waals surface area contributed by atoms with Gasteiger partial charge in [-0.15, -0.1) is 0 Å². The number of carboxylic acids is 3. The summed E-state index contributed by atoms with van der Waals surface area (Å²) >= 11 is 0. The standard InChI is InChI=1S/C21H37NO8/c1-16(2)9-6-4-3-5-7-13-30-14-8-12-22(18(23)10-11-19(24)25)17(21(28)29)15-20(26)27/h16-17H,3-15H2,1-2H3,(H,24,25)(H,26,27)(H,28,29)/t17-/m0/s1. The first-order valence-corrected chi connectivity index (χ1v) is 10.7. The van der Waals surface area contributed by atoms with Crippen LogP contribution in [-0.4, -0.2) is 69.8 Å². The van der Waals surface area contributed by atoms with Gasteiger partial charge in [0, 0.05) is 26.2 Å². The largest absolute Gasteiger partial charge is 0.481 e. The number of nitrogens with zero attached hydrogens (tertiary/aromatic N) is 1. The minimum Gasteiger partial charge on any atom is -0.481 e. The van der Waals surface area contributed by atoms with Gasteiger partial charge in [-0.2, -0.15) is 0 Å². The van der Waals surface area contributed by atoms with Crippen LogP contribution >= 0.6 is 0 Å². The molecule has 0 aliphatic carbocycles. The number of carboxylic acid groups (broad SMARTS) is 3. The highest BCUT2D eigenvalue weighted by molar-refractivity contribution is 5.88. The van der Waals surface area contributed by atoms with Gasteiger partial charge in [-0.3, -0.25) is 14.4 Å². The Morgan fingerprint density at radius 3 is 1.97 bits per heavy atom. The van der Waals surface area contributed by atoms with Gasteiger partial charge in [0.25, 0.3) is 0 Å². The van der Waals surface area contributed by atoms with E-state index in [0.29, 0.717) is 19.6 Å². The zero-order valence-corrected chi connectivity index (χ0v) is 18.2. The number of rotatable bonds is 19. The molecule has 0 aromatic carbocycles. The third-order valence-corrected chi connectivity index (χ3v) is 4.66. The molecule has 0 rings (SSSR count). The van der Waals surface area contributed by atoms with Crippen molar-refractivity contribution in [3.8, 4) is 0 Å². The van der Waals surface area contributed by atoms with Crippen LogP contribution in [0.2, 0.25) is 0 Å². The molecule has 3 N–H and O–H groups in total. The van der Waals surface area contributed by atoms with E-state index in [2.05, 4.69) is 13.8 Å². The predicted octanol–water partition coefficient (Wildman–Crippen LogP) is 3.01. The second-order valence-electron chi connectivity index (χ2n) is 7.85. The molecule has 9 nitrogen and oxygen atoms in total. The first kappa shape index (κ1) is 27.8. The molecule has 0 unspecified atom stereocenters. The van der Waals surface area contributed by atoms with Gasteiger partial charge >= 0.3 is 17.9 Å². The van der Waals surface area contributed by atoms with Gasteiger partial charge in [-0.05, 0) is 18.8 Å². The molecule has 0 fully saturated rings. The van der Waals surface area contributed by atoms with Crippen LogP contribution in [-0.2, 0) is 23.9 Å². The van der Waals surface area contributed by atoms with Gasteiger partial charge in [0.05, 0.1) is 12.8 Å². The van der Waals surface area contributed by atoms with Gasteiger partial charge in [-0.1, -0.05) is 46.0 Å². The van der Waals surface area contributed by atoms with E-state index in [1.807, 2.05) is 0 Å². The normalized spacial score (nSPS) is 12.0. The fraction of sp³-hybridized carbons (Fsp3) is 0.810. The van der Waals surface area contributed by atoms with Crippen molar-refractivity contribution in [1.82, 2.24) is 4.90 Å². The third-order valence-electron chi connectivity index (χ3n) is 4.66. The van der Waals surface area contributed by atoms with Crippen molar-refractivity contribution in [2.24, 2.45) is 5.92 Å². The quantitative estimate of drug-likeness (QED) is 0.265. The molecule has 0 radical (unpaired) electrons. The van der Waals surface area contributed by atoms with Crippen LogP contribution in [0.1, 0.15) is 78.1 Å². The van der Waals surface area contributed by atoms with Crippen LogP contribution in [0.25, 0.3) is 0 Å². The monoisotopic (exact) mass is 431 g/mol. The van der Waals surface area contributed by atoms with E-state index in [1.54, 1.807) is 0 Å². The molecule has 9 heteroatoms. The molecule has 30 heavy (non-hydrogen) atoms. The summed E-state index contributed by atoms with van der Waals surface area (Å²) in [6.07, 6.45) is 5.66. The molecule has 0 saturated heterocycles. The molecule has 0 aliphatic heterocycles. The summed E-state index contributed by atoms with van der Waals surface area (Å²) in [5, 5.41) is 27.0. The third kappa shape index (κ3) is 14.8. The van der Waals surface area contributed by atoms with Gasteiger partial charge in [0.2, 0.25) is 5.91 Å². The predicted molar refractivity (Wildman–Crippen MR) is 110 cm³/mol. The molecule has 0 bridgehead atoms. The van der Waals surface area contributed by atoms with Gasteiger partial charge in [0.1, 0.15) is 6.04 Å². The number of hydrogen-bond donors (Lipinski definition) is 3. The number of carbonyl (C=O) groups excluding carboxylic acids is 1. The van der Waals surface area contributed by atoms with Crippen LogP contribution in [0.4, 0.5) is 0 Å². The van der Waals surface area contributed by atoms with E-state index in [9.17, 15) is 24.3 Å². The minimum absolute atomic E-state index is 0.00208. The molecule has 0 aliphatic rings. The Labute approximate surface area is 178 Å². The highest BCUT2D eigenvalue weighted by Gasteiger charge is 2.31. The van der Waals surface area contributed by atoms with Crippen LogP contribution in [0.3, 0.4) is 0 Å². The summed E-state index contributed by atoms with van der Waals surface area (Å²) in [6.45, 7) is 5.33. The second kappa shape index (κ2) is 16.6. The van der Waals surface area contributed by atoms with E-state index in [0.717, 1.165) is 30.1 Å². The second-order valence-corrected chi connectivity index (χ2v) is 7.85. The van der Waals surface area contributed by atoms with Crippen LogP contribution in [0, 0.1) is 5.92 Å². The summed E-state index contributed by atoms with van der Waals surface area (Å²) in [5.41, 5.74) is 0. The zero-order valence-electron chi connectivity index (χ0n) is 18.2. The van der Waals surface area contributed by atoms with Gasteiger partial charge in [-0.25, -0.2) is 4.79 Å². The molecule has 0 aromatic rings. The molecule has 0 aromatic heterocycles. The number of ether oxygens (including phenoxy) is 1. The van der Waals surface area contributed by atoms with E-state index in [4.69, 9.17) is 14.9 Å². The van der Waals surface area contributed by atoms with Crippen molar-refractivity contribution < 1.29 is 39.2 Å². The van der Waals surface area contributed by atoms with Crippen LogP contribution in [0.15, 0.2) is 0 Å². The summed E-state index contributed by atoms with van der Waals surface area (Å²) in [7, 11) is 0. The Balaban J connectivity index is 4.31. The lowest BCUT2D eigenvalue weighted by molar-refractivity contribution is -0.155. The lowest BCUT2D eigenvalue weighted by Gasteiger charge is -2.28. The lowest BCUT2D eigenvalue weighted by atomic mass is 10.0. The fourth-order valence-corrected chi connectivity index (χ4v) is 3.03. The molecular formula is C21H37NO8. The molecule has 1 amide bonds. The molecule has 1 atom stereocenters. The van der Waals surface area contributed by atoms with Gasteiger partial charge < -0.3 is 25.0 Å². The van der Waals surface area contributed by atoms with E-state index < -0.39 is 42.7 Å². The Hall–Kier alpha value is -2.16. The summed E-state index contributed by atoms with van der Waals surface area (Å²) in [6, 6.07) is -1.53. The highest BCUT2D eigenvalue weighted by atomic mass is 16.5. The minimum atomic E-state index is -1.53. The van der Waals surface area contributed by atoms with Crippen LogP contribution < -0.4 is 0 Å². The van der Waals surface area contributed by atoms with Crippen LogP contribution in [0.5, 0.6) is 0 Å². The van der Waals surface area contributed by atoms with Gasteiger partial charge in [0.15, 0.2) is 0 Å². The highest BCUT2D eigenvalue weighted by Crippen LogP contribution is 2.12. The number of aliphatic carboxylic acids is 3. The van der Waals surface area contributed by atoms with E-state index in [-0.39, 0.29) is 13.0 Å². The summed E-state index contributed by atoms with van der Waals surface area (Å²) in [5.74, 6) is -3.91.